The Morgan fingerprint density at radius 3 is 3.14 bits per heavy atom. The summed E-state index contributed by atoms with van der Waals surface area (Å²) in [5, 5.41) is 6.66. The van der Waals surface area contributed by atoms with E-state index in [9.17, 15) is 0 Å². The Bertz CT molecular complexity index is 422. The molecule has 0 aliphatic heterocycles. The van der Waals surface area contributed by atoms with Gasteiger partial charge >= 0.3 is 0 Å². The second-order valence-electron chi connectivity index (χ2n) is 3.48. The molecule has 1 atom stereocenters. The van der Waals surface area contributed by atoms with Crippen LogP contribution in [0.5, 0.6) is 0 Å². The zero-order chi connectivity index (χ0) is 9.97. The highest BCUT2D eigenvalue weighted by atomic mass is 32.1. The summed E-state index contributed by atoms with van der Waals surface area (Å²) in [6.07, 6.45) is 2.89. The Balaban J connectivity index is 2.36. The maximum atomic E-state index is 4.43. The molecule has 14 heavy (non-hydrogen) atoms. The molecule has 0 bridgehead atoms. The van der Waals surface area contributed by atoms with E-state index in [4.69, 9.17) is 0 Å². The van der Waals surface area contributed by atoms with Gasteiger partial charge in [-0.05, 0) is 31.5 Å². The van der Waals surface area contributed by atoms with Gasteiger partial charge in [-0.1, -0.05) is 0 Å². The van der Waals surface area contributed by atoms with Crippen LogP contribution in [-0.2, 0) is 6.42 Å². The van der Waals surface area contributed by atoms with E-state index in [1.54, 1.807) is 11.3 Å². The average molecular weight is 206 g/mol. The minimum atomic E-state index is 0.480. The second-order valence-corrected chi connectivity index (χ2v) is 4.43. The van der Waals surface area contributed by atoms with Crippen molar-refractivity contribution in [2.45, 2.75) is 19.4 Å². The molecule has 0 saturated carbocycles. The summed E-state index contributed by atoms with van der Waals surface area (Å²) in [7, 11) is 1.98. The predicted molar refractivity (Wildman–Crippen MR) is 61.8 cm³/mol. The van der Waals surface area contributed by atoms with Gasteiger partial charge in [0.1, 0.15) is 0 Å². The zero-order valence-electron chi connectivity index (χ0n) is 8.45. The number of nitrogens with zero attached hydrogens (tertiary/aromatic N) is 1. The first-order valence-corrected chi connectivity index (χ1v) is 5.67. The zero-order valence-corrected chi connectivity index (χ0v) is 9.27. The van der Waals surface area contributed by atoms with Gasteiger partial charge in [-0.2, -0.15) is 0 Å². The molecule has 0 fully saturated rings. The SMILES string of the molecule is CNC(C)Cc1nccc2sccc12. The summed E-state index contributed by atoms with van der Waals surface area (Å²) in [5.41, 5.74) is 1.20. The van der Waals surface area contributed by atoms with Crippen molar-refractivity contribution < 1.29 is 0 Å². The summed E-state index contributed by atoms with van der Waals surface area (Å²) >= 11 is 1.78. The molecule has 2 aromatic rings. The van der Waals surface area contributed by atoms with Crippen LogP contribution in [0.1, 0.15) is 12.6 Å². The van der Waals surface area contributed by atoms with Crippen molar-refractivity contribution >= 4 is 21.4 Å². The van der Waals surface area contributed by atoms with Crippen LogP contribution in [0, 0.1) is 0 Å². The van der Waals surface area contributed by atoms with Crippen LogP contribution in [0.4, 0.5) is 0 Å². The Hall–Kier alpha value is -0.930. The number of hydrogen-bond donors (Lipinski definition) is 1. The van der Waals surface area contributed by atoms with Crippen molar-refractivity contribution in [3.05, 3.63) is 29.4 Å². The molecular formula is C11H14N2S. The molecule has 0 amide bonds. The van der Waals surface area contributed by atoms with Crippen LogP contribution in [0.3, 0.4) is 0 Å². The largest absolute Gasteiger partial charge is 0.317 e. The molecule has 1 N–H and O–H groups in total. The van der Waals surface area contributed by atoms with Gasteiger partial charge in [0.05, 0.1) is 5.69 Å². The summed E-state index contributed by atoms with van der Waals surface area (Å²) in [6, 6.07) is 4.71. The van der Waals surface area contributed by atoms with Gasteiger partial charge in [-0.15, -0.1) is 11.3 Å². The summed E-state index contributed by atoms with van der Waals surface area (Å²) in [5.74, 6) is 0. The summed E-state index contributed by atoms with van der Waals surface area (Å²) < 4.78 is 1.33. The predicted octanol–water partition coefficient (Wildman–Crippen LogP) is 2.45. The lowest BCUT2D eigenvalue weighted by Gasteiger charge is -2.09. The Morgan fingerprint density at radius 2 is 2.36 bits per heavy atom. The molecule has 2 heterocycles. The van der Waals surface area contributed by atoms with E-state index in [-0.39, 0.29) is 0 Å². The molecule has 0 aromatic carbocycles. The minimum absolute atomic E-state index is 0.480. The van der Waals surface area contributed by atoms with Gasteiger partial charge in [0.15, 0.2) is 0 Å². The van der Waals surface area contributed by atoms with Crippen LogP contribution in [0.2, 0.25) is 0 Å². The smallest absolute Gasteiger partial charge is 0.0505 e. The standard InChI is InChI=1S/C11H14N2S/c1-8(12-2)7-10-9-4-6-14-11(9)3-5-13-10/h3-6,8,12H,7H2,1-2H3. The Kier molecular flexibility index (Phi) is 2.79. The van der Waals surface area contributed by atoms with Crippen molar-refractivity contribution in [3.8, 4) is 0 Å². The molecule has 0 saturated heterocycles. The van der Waals surface area contributed by atoms with Crippen LogP contribution in [0.25, 0.3) is 10.1 Å². The summed E-state index contributed by atoms with van der Waals surface area (Å²) in [6.45, 7) is 2.17. The van der Waals surface area contributed by atoms with E-state index in [0.717, 1.165) is 6.42 Å². The molecule has 2 aromatic heterocycles. The molecule has 0 aliphatic carbocycles. The molecule has 74 valence electrons. The highest BCUT2D eigenvalue weighted by molar-refractivity contribution is 7.17. The Morgan fingerprint density at radius 1 is 1.50 bits per heavy atom. The van der Waals surface area contributed by atoms with Gasteiger partial charge in [0.25, 0.3) is 0 Å². The fourth-order valence-corrected chi connectivity index (χ4v) is 2.31. The molecular weight excluding hydrogens is 192 g/mol. The second kappa shape index (κ2) is 4.07. The van der Waals surface area contributed by atoms with Crippen molar-refractivity contribution in [2.24, 2.45) is 0 Å². The number of rotatable bonds is 3. The van der Waals surface area contributed by atoms with E-state index in [1.807, 2.05) is 13.2 Å². The van der Waals surface area contributed by atoms with E-state index in [2.05, 4.69) is 34.7 Å². The van der Waals surface area contributed by atoms with Crippen LogP contribution < -0.4 is 5.32 Å². The number of aromatic nitrogens is 1. The average Bonchev–Trinajstić information content (AvgIpc) is 2.66. The highest BCUT2D eigenvalue weighted by Crippen LogP contribution is 2.23. The number of nitrogens with one attached hydrogen (secondary N) is 1. The summed E-state index contributed by atoms with van der Waals surface area (Å²) in [4.78, 5) is 4.43. The first-order chi connectivity index (χ1) is 6.81. The Labute approximate surface area is 88.0 Å². The van der Waals surface area contributed by atoms with Crippen LogP contribution >= 0.6 is 11.3 Å². The number of likely N-dealkylation sites (N-methyl/N-ethyl adjacent to an activating group) is 1. The first-order valence-electron chi connectivity index (χ1n) is 4.79. The first kappa shape index (κ1) is 9.62. The monoisotopic (exact) mass is 206 g/mol. The highest BCUT2D eigenvalue weighted by Gasteiger charge is 2.06. The minimum Gasteiger partial charge on any atom is -0.317 e. The third-order valence-electron chi connectivity index (χ3n) is 2.45. The third-order valence-corrected chi connectivity index (χ3v) is 3.34. The van der Waals surface area contributed by atoms with Crippen LogP contribution in [-0.4, -0.2) is 18.1 Å². The molecule has 0 aliphatic rings. The number of thiophene rings is 1. The number of fused-ring (bicyclic) bond motifs is 1. The molecule has 3 heteroatoms. The lowest BCUT2D eigenvalue weighted by molar-refractivity contribution is 0.603. The van der Waals surface area contributed by atoms with Gasteiger partial charge in [-0.3, -0.25) is 4.98 Å². The van der Waals surface area contributed by atoms with Crippen molar-refractivity contribution in [1.82, 2.24) is 10.3 Å². The van der Waals surface area contributed by atoms with Crippen molar-refractivity contribution in [2.75, 3.05) is 7.05 Å². The molecule has 2 rings (SSSR count). The number of pyridine rings is 1. The fourth-order valence-electron chi connectivity index (χ4n) is 1.51. The fraction of sp³-hybridized carbons (Fsp3) is 0.364. The maximum Gasteiger partial charge on any atom is 0.0505 e. The van der Waals surface area contributed by atoms with E-state index in [0.29, 0.717) is 6.04 Å². The van der Waals surface area contributed by atoms with E-state index in [1.165, 1.54) is 15.8 Å². The van der Waals surface area contributed by atoms with Gasteiger partial charge < -0.3 is 5.32 Å². The van der Waals surface area contributed by atoms with Gasteiger partial charge in [-0.25, -0.2) is 0 Å². The van der Waals surface area contributed by atoms with Crippen LogP contribution in [0.15, 0.2) is 23.7 Å². The van der Waals surface area contributed by atoms with Crippen molar-refractivity contribution in [3.63, 3.8) is 0 Å². The molecule has 2 nitrogen and oxygen atoms in total. The van der Waals surface area contributed by atoms with E-state index >= 15 is 0 Å². The molecule has 0 spiro atoms. The topological polar surface area (TPSA) is 24.9 Å². The number of hydrogen-bond acceptors (Lipinski definition) is 3. The molecule has 1 unspecified atom stereocenters. The molecule has 0 radical (unpaired) electrons. The lowest BCUT2D eigenvalue weighted by atomic mass is 10.1. The normalized spacial score (nSPS) is 13.3. The van der Waals surface area contributed by atoms with Gasteiger partial charge in [0, 0.05) is 28.7 Å². The van der Waals surface area contributed by atoms with E-state index < -0.39 is 0 Å². The van der Waals surface area contributed by atoms with Gasteiger partial charge in [0.2, 0.25) is 0 Å². The quantitative estimate of drug-likeness (QED) is 0.834. The third kappa shape index (κ3) is 1.79. The maximum absolute atomic E-state index is 4.43. The lowest BCUT2D eigenvalue weighted by Crippen LogP contribution is -2.24. The van der Waals surface area contributed by atoms with Crippen molar-refractivity contribution in [1.29, 1.82) is 0 Å².